The molecule has 0 bridgehead atoms. The lowest BCUT2D eigenvalue weighted by atomic mass is 10.2. The molecule has 2 rings (SSSR count). The number of halogens is 1. The van der Waals surface area contributed by atoms with Gasteiger partial charge in [0, 0.05) is 23.4 Å². The van der Waals surface area contributed by atoms with E-state index in [4.69, 9.17) is 10.5 Å². The Morgan fingerprint density at radius 1 is 1.26 bits per heavy atom. The van der Waals surface area contributed by atoms with Gasteiger partial charge in [-0.2, -0.15) is 0 Å². The Morgan fingerprint density at radius 3 is 2.68 bits per heavy atom. The maximum atomic E-state index is 13.4. The molecule has 5 nitrogen and oxygen atoms in total. The summed E-state index contributed by atoms with van der Waals surface area (Å²) in [5.41, 5.74) is 5.96. The van der Waals surface area contributed by atoms with E-state index in [0.717, 1.165) is 0 Å². The fourth-order valence-corrected chi connectivity index (χ4v) is 1.57. The van der Waals surface area contributed by atoms with Crippen molar-refractivity contribution in [2.24, 2.45) is 0 Å². The molecular formula is C13H11FN2O3. The van der Waals surface area contributed by atoms with E-state index in [2.05, 4.69) is 0 Å². The zero-order chi connectivity index (χ0) is 13.8. The number of rotatable bonds is 4. The van der Waals surface area contributed by atoms with Gasteiger partial charge in [0.15, 0.2) is 0 Å². The van der Waals surface area contributed by atoms with Crippen molar-refractivity contribution < 1.29 is 14.1 Å². The monoisotopic (exact) mass is 262 g/mol. The molecule has 6 heteroatoms. The zero-order valence-corrected chi connectivity index (χ0v) is 9.88. The number of nitrogens with zero attached hydrogens (tertiary/aromatic N) is 1. The van der Waals surface area contributed by atoms with Gasteiger partial charge in [-0.05, 0) is 6.07 Å². The van der Waals surface area contributed by atoms with Gasteiger partial charge in [0.2, 0.25) is 0 Å². The van der Waals surface area contributed by atoms with Crippen LogP contribution < -0.4 is 10.5 Å². The summed E-state index contributed by atoms with van der Waals surface area (Å²) < 4.78 is 18.7. The van der Waals surface area contributed by atoms with Gasteiger partial charge in [-0.15, -0.1) is 0 Å². The Labute approximate surface area is 108 Å². The van der Waals surface area contributed by atoms with Crippen LogP contribution in [-0.4, -0.2) is 4.92 Å². The van der Waals surface area contributed by atoms with E-state index >= 15 is 0 Å². The maximum Gasteiger partial charge on any atom is 0.275 e. The van der Waals surface area contributed by atoms with E-state index in [1.807, 2.05) is 0 Å². The van der Waals surface area contributed by atoms with Gasteiger partial charge >= 0.3 is 0 Å². The van der Waals surface area contributed by atoms with E-state index in [-0.39, 0.29) is 29.5 Å². The average molecular weight is 262 g/mol. The van der Waals surface area contributed by atoms with Gasteiger partial charge in [0.1, 0.15) is 18.2 Å². The molecule has 0 aliphatic rings. The minimum absolute atomic E-state index is 0.0206. The van der Waals surface area contributed by atoms with Gasteiger partial charge in [-0.1, -0.05) is 18.2 Å². The first-order valence-corrected chi connectivity index (χ1v) is 5.47. The molecule has 0 aliphatic carbocycles. The van der Waals surface area contributed by atoms with Crippen molar-refractivity contribution in [3.05, 3.63) is 64.0 Å². The van der Waals surface area contributed by atoms with Crippen molar-refractivity contribution in [1.82, 2.24) is 0 Å². The van der Waals surface area contributed by atoms with Gasteiger partial charge in [0.05, 0.1) is 11.0 Å². The minimum Gasteiger partial charge on any atom is -0.488 e. The number of hydrogen-bond donors (Lipinski definition) is 1. The molecule has 0 unspecified atom stereocenters. The lowest BCUT2D eigenvalue weighted by Gasteiger charge is -2.07. The number of nitrogen functional groups attached to an aromatic ring is 1. The van der Waals surface area contributed by atoms with Gasteiger partial charge < -0.3 is 10.5 Å². The second kappa shape index (κ2) is 5.34. The molecule has 0 spiro atoms. The third-order valence-corrected chi connectivity index (χ3v) is 2.48. The molecule has 0 radical (unpaired) electrons. The van der Waals surface area contributed by atoms with Gasteiger partial charge in [-0.25, -0.2) is 4.39 Å². The summed E-state index contributed by atoms with van der Waals surface area (Å²) in [7, 11) is 0. The second-order valence-corrected chi connectivity index (χ2v) is 3.90. The van der Waals surface area contributed by atoms with Crippen molar-refractivity contribution in [2.75, 3.05) is 5.73 Å². The molecule has 0 aliphatic heterocycles. The summed E-state index contributed by atoms with van der Waals surface area (Å²) in [6.07, 6.45) is 0. The fraction of sp³-hybridized carbons (Fsp3) is 0.0769. The Bertz CT molecular complexity index is 617. The predicted molar refractivity (Wildman–Crippen MR) is 68.2 cm³/mol. The van der Waals surface area contributed by atoms with Crippen molar-refractivity contribution in [2.45, 2.75) is 6.61 Å². The Hall–Kier alpha value is -2.63. The Balaban J connectivity index is 2.16. The molecule has 19 heavy (non-hydrogen) atoms. The Morgan fingerprint density at radius 2 is 2.00 bits per heavy atom. The molecule has 2 aromatic carbocycles. The molecule has 0 fully saturated rings. The van der Waals surface area contributed by atoms with E-state index in [0.29, 0.717) is 5.56 Å². The number of nitrogens with two attached hydrogens (primary N) is 1. The largest absolute Gasteiger partial charge is 0.488 e. The highest BCUT2D eigenvalue weighted by atomic mass is 19.1. The number of nitro groups is 1. The third kappa shape index (κ3) is 3.19. The van der Waals surface area contributed by atoms with Crippen LogP contribution in [0.2, 0.25) is 0 Å². The van der Waals surface area contributed by atoms with Crippen molar-refractivity contribution >= 4 is 11.4 Å². The highest BCUT2D eigenvalue weighted by Gasteiger charge is 2.10. The van der Waals surface area contributed by atoms with Crippen LogP contribution in [0.5, 0.6) is 5.75 Å². The molecule has 0 saturated carbocycles. The smallest absolute Gasteiger partial charge is 0.275 e. The molecule has 0 aromatic heterocycles. The van der Waals surface area contributed by atoms with E-state index in [9.17, 15) is 14.5 Å². The Kier molecular flexibility index (Phi) is 3.61. The highest BCUT2D eigenvalue weighted by molar-refractivity contribution is 5.53. The lowest BCUT2D eigenvalue weighted by Crippen LogP contribution is -2.00. The van der Waals surface area contributed by atoms with Crippen LogP contribution in [0.25, 0.3) is 0 Å². The summed E-state index contributed by atoms with van der Waals surface area (Å²) in [6, 6.07) is 10.1. The van der Waals surface area contributed by atoms with Gasteiger partial charge in [-0.3, -0.25) is 10.1 Å². The summed E-state index contributed by atoms with van der Waals surface area (Å²) in [6.45, 7) is -0.0206. The first-order valence-electron chi connectivity index (χ1n) is 5.47. The predicted octanol–water partition coefficient (Wildman–Crippen LogP) is 2.90. The molecule has 0 amide bonds. The molecular weight excluding hydrogens is 251 g/mol. The molecule has 0 saturated heterocycles. The second-order valence-electron chi connectivity index (χ2n) is 3.90. The molecule has 98 valence electrons. The van der Waals surface area contributed by atoms with Crippen molar-refractivity contribution in [1.29, 1.82) is 0 Å². The van der Waals surface area contributed by atoms with Crippen LogP contribution in [0.1, 0.15) is 5.56 Å². The molecule has 2 N–H and O–H groups in total. The van der Waals surface area contributed by atoms with E-state index < -0.39 is 4.92 Å². The SMILES string of the molecule is Nc1cc(OCc2ccccc2F)cc([N+](=O)[O-])c1. The lowest BCUT2D eigenvalue weighted by molar-refractivity contribution is -0.384. The molecule has 2 aromatic rings. The third-order valence-electron chi connectivity index (χ3n) is 2.48. The number of benzene rings is 2. The summed E-state index contributed by atoms with van der Waals surface area (Å²) in [5, 5.41) is 10.7. The number of nitro benzene ring substituents is 1. The molecule has 0 heterocycles. The van der Waals surface area contributed by atoms with Gasteiger partial charge in [0.25, 0.3) is 5.69 Å². The van der Waals surface area contributed by atoms with Crippen molar-refractivity contribution in [3.8, 4) is 5.75 Å². The van der Waals surface area contributed by atoms with Crippen LogP contribution in [0.3, 0.4) is 0 Å². The number of hydrogen-bond acceptors (Lipinski definition) is 4. The first-order chi connectivity index (χ1) is 9.06. The average Bonchev–Trinajstić information content (AvgIpc) is 2.37. The minimum atomic E-state index is -0.563. The maximum absolute atomic E-state index is 13.4. The molecule has 0 atom stereocenters. The highest BCUT2D eigenvalue weighted by Crippen LogP contribution is 2.25. The van der Waals surface area contributed by atoms with Crippen LogP contribution in [0.4, 0.5) is 15.8 Å². The topological polar surface area (TPSA) is 78.4 Å². The zero-order valence-electron chi connectivity index (χ0n) is 9.88. The summed E-state index contributed by atoms with van der Waals surface area (Å²) >= 11 is 0. The van der Waals surface area contributed by atoms with E-state index in [1.54, 1.807) is 18.2 Å². The number of anilines is 1. The first kappa shape index (κ1) is 12.8. The summed E-state index contributed by atoms with van der Waals surface area (Å²) in [5.74, 6) is -0.157. The van der Waals surface area contributed by atoms with Crippen LogP contribution in [-0.2, 0) is 6.61 Å². The summed E-state index contributed by atoms with van der Waals surface area (Å²) in [4.78, 5) is 10.1. The van der Waals surface area contributed by atoms with Crippen LogP contribution >= 0.6 is 0 Å². The number of ether oxygens (including phenoxy) is 1. The van der Waals surface area contributed by atoms with Crippen LogP contribution in [0.15, 0.2) is 42.5 Å². The standard InChI is InChI=1S/C13H11FN2O3/c14-13-4-2-1-3-9(13)8-19-12-6-10(15)5-11(7-12)16(17)18/h1-7H,8,15H2. The fourth-order valence-electron chi connectivity index (χ4n) is 1.57. The number of non-ortho nitro benzene ring substituents is 1. The van der Waals surface area contributed by atoms with Crippen molar-refractivity contribution in [3.63, 3.8) is 0 Å². The normalized spacial score (nSPS) is 10.2. The van der Waals surface area contributed by atoms with E-state index in [1.165, 1.54) is 24.3 Å². The van der Waals surface area contributed by atoms with Crippen LogP contribution in [0, 0.1) is 15.9 Å². The quantitative estimate of drug-likeness (QED) is 0.522.